The van der Waals surface area contributed by atoms with Crippen LogP contribution in [0.2, 0.25) is 0 Å². The van der Waals surface area contributed by atoms with Gasteiger partial charge in [0.1, 0.15) is 0 Å². The highest BCUT2D eigenvalue weighted by atomic mass is 15.2. The molecular weight excluding hydrogens is 965 g/mol. The van der Waals surface area contributed by atoms with E-state index < -0.39 is 0 Å². The number of anilines is 6. The van der Waals surface area contributed by atoms with Crippen LogP contribution in [0.3, 0.4) is 0 Å². The Bertz CT molecular complexity index is 4620. The van der Waals surface area contributed by atoms with Crippen LogP contribution in [0.15, 0.2) is 279 Å². The third-order valence-corrected chi connectivity index (χ3v) is 14.9. The zero-order chi connectivity index (χ0) is 52.2. The van der Waals surface area contributed by atoms with Gasteiger partial charge in [-0.1, -0.05) is 182 Å². The van der Waals surface area contributed by atoms with E-state index >= 15 is 0 Å². The first-order valence-corrected chi connectivity index (χ1v) is 26.5. The summed E-state index contributed by atoms with van der Waals surface area (Å²) in [6.45, 7) is 0. The van der Waals surface area contributed by atoms with E-state index in [0.29, 0.717) is 17.6 Å². The maximum Gasteiger partial charge on any atom is 0.238 e. The first-order chi connectivity index (χ1) is 39.2. The average Bonchev–Trinajstić information content (AvgIpc) is 3.97. The smallest absolute Gasteiger partial charge is 0.238 e. The number of rotatable bonds is 10. The second-order valence-electron chi connectivity index (χ2n) is 19.7. The van der Waals surface area contributed by atoms with Gasteiger partial charge in [0.15, 0.2) is 11.6 Å². The predicted octanol–water partition coefficient (Wildman–Crippen LogP) is 18.3. The van der Waals surface area contributed by atoms with Crippen LogP contribution in [-0.2, 0) is 0 Å². The SMILES string of the molecule is c1ccc(-c2ccc3c(c2)c2c4nc5c6ccc(N(c7ccccc7)c7ccccc7)cc6c6cc(N(c7ccccc7)c7ccccc7)ccc6c5nc4ccc2n3-c2nc(-c3ccccc3)nc(-c3ccccc3)n2)cc1. The molecule has 0 aliphatic rings. The summed E-state index contributed by atoms with van der Waals surface area (Å²) < 4.78 is 2.17. The summed E-state index contributed by atoms with van der Waals surface area (Å²) in [6.07, 6.45) is 0. The van der Waals surface area contributed by atoms with E-state index in [-0.39, 0.29) is 0 Å². The van der Waals surface area contributed by atoms with Crippen LogP contribution >= 0.6 is 0 Å². The lowest BCUT2D eigenvalue weighted by Gasteiger charge is -2.27. The molecule has 0 aliphatic carbocycles. The molecule has 12 aromatic carbocycles. The molecule has 0 bridgehead atoms. The third-order valence-electron chi connectivity index (χ3n) is 14.9. The zero-order valence-corrected chi connectivity index (χ0v) is 42.6. The standard InChI is InChI=1S/C71H46N8/c1-8-22-47(23-9-1)50-36-42-63-61(44-50)65-64(79(63)71-75-69(48-24-10-2-11-25-48)74-70(76-71)49-26-12-3-13-27-49)43-41-62-68(65)73-67-58-40-38-56(78(53-32-18-6-19-33-53)54-34-20-7-21-35-54)46-60(58)59-45-55(37-39-57(59)66(67)72-62)77(51-28-14-4-15-29-51)52-30-16-5-17-31-52/h1-46H. The Morgan fingerprint density at radius 1 is 0.253 bits per heavy atom. The van der Waals surface area contributed by atoms with E-state index in [9.17, 15) is 0 Å². The van der Waals surface area contributed by atoms with Crippen LogP contribution in [0.1, 0.15) is 0 Å². The van der Waals surface area contributed by atoms with Crippen LogP contribution in [0.5, 0.6) is 0 Å². The van der Waals surface area contributed by atoms with Gasteiger partial charge in [0.25, 0.3) is 0 Å². The molecule has 3 aromatic heterocycles. The second kappa shape index (κ2) is 19.1. The summed E-state index contributed by atoms with van der Waals surface area (Å²) >= 11 is 0. The van der Waals surface area contributed by atoms with Gasteiger partial charge in [-0.2, -0.15) is 9.97 Å². The molecule has 0 fully saturated rings. The number of nitrogens with zero attached hydrogens (tertiary/aromatic N) is 8. The van der Waals surface area contributed by atoms with Crippen molar-refractivity contribution in [3.8, 4) is 39.9 Å². The van der Waals surface area contributed by atoms with E-state index in [4.69, 9.17) is 24.9 Å². The van der Waals surface area contributed by atoms with Crippen LogP contribution < -0.4 is 9.80 Å². The average molecular weight is 1010 g/mol. The lowest BCUT2D eigenvalue weighted by atomic mass is 9.97. The molecule has 0 unspecified atom stereocenters. The molecule has 8 nitrogen and oxygen atoms in total. The van der Waals surface area contributed by atoms with Gasteiger partial charge in [0.2, 0.25) is 5.95 Å². The number of benzene rings is 12. The molecule has 0 N–H and O–H groups in total. The normalized spacial score (nSPS) is 11.5. The molecule has 3 heterocycles. The molecule has 0 spiro atoms. The molecule has 0 aliphatic heterocycles. The molecule has 0 saturated carbocycles. The molecule has 0 saturated heterocycles. The molecule has 0 radical (unpaired) electrons. The Morgan fingerprint density at radius 2 is 0.671 bits per heavy atom. The minimum Gasteiger partial charge on any atom is -0.310 e. The molecule has 370 valence electrons. The van der Waals surface area contributed by atoms with E-state index in [1.165, 1.54) is 0 Å². The number of fused-ring (bicyclic) bond motifs is 11. The van der Waals surface area contributed by atoms with Gasteiger partial charge in [-0.3, -0.25) is 4.57 Å². The number of para-hydroxylation sites is 4. The summed E-state index contributed by atoms with van der Waals surface area (Å²) in [4.78, 5) is 31.8. The minimum atomic E-state index is 0.509. The summed E-state index contributed by atoms with van der Waals surface area (Å²) in [5.74, 6) is 1.68. The highest BCUT2D eigenvalue weighted by Crippen LogP contribution is 2.45. The van der Waals surface area contributed by atoms with E-state index in [0.717, 1.165) is 122 Å². The summed E-state index contributed by atoms with van der Waals surface area (Å²) in [5, 5.41) is 6.10. The van der Waals surface area contributed by atoms with Crippen molar-refractivity contribution < 1.29 is 0 Å². The molecule has 79 heavy (non-hydrogen) atoms. The van der Waals surface area contributed by atoms with Gasteiger partial charge in [0.05, 0.1) is 33.1 Å². The van der Waals surface area contributed by atoms with E-state index in [1.54, 1.807) is 0 Å². The van der Waals surface area contributed by atoms with Crippen molar-refractivity contribution in [3.05, 3.63) is 279 Å². The van der Waals surface area contributed by atoms with Crippen LogP contribution in [0.25, 0.3) is 105 Å². The van der Waals surface area contributed by atoms with E-state index in [2.05, 4.69) is 233 Å². The Labute approximate surface area is 455 Å². The van der Waals surface area contributed by atoms with Crippen molar-refractivity contribution >= 4 is 99.5 Å². The quantitative estimate of drug-likeness (QED) is 0.0998. The van der Waals surface area contributed by atoms with Crippen molar-refractivity contribution in [1.82, 2.24) is 29.5 Å². The minimum absolute atomic E-state index is 0.509. The number of aromatic nitrogens is 6. The maximum atomic E-state index is 5.86. The Kier molecular flexibility index (Phi) is 11.0. The Hall–Kier alpha value is -10.8. The molecule has 15 rings (SSSR count). The molecule has 0 atom stereocenters. The van der Waals surface area contributed by atoms with Gasteiger partial charge in [-0.25, -0.2) is 15.0 Å². The lowest BCUT2D eigenvalue weighted by molar-refractivity contribution is 0.953. The van der Waals surface area contributed by atoms with Gasteiger partial charge >= 0.3 is 0 Å². The third kappa shape index (κ3) is 7.97. The number of hydrogen-bond acceptors (Lipinski definition) is 7. The van der Waals surface area contributed by atoms with Crippen LogP contribution in [0.4, 0.5) is 34.1 Å². The van der Waals surface area contributed by atoms with Gasteiger partial charge < -0.3 is 9.80 Å². The monoisotopic (exact) mass is 1010 g/mol. The highest BCUT2D eigenvalue weighted by molar-refractivity contribution is 6.27. The first kappa shape index (κ1) is 45.6. The first-order valence-electron chi connectivity index (χ1n) is 26.5. The fourth-order valence-electron chi connectivity index (χ4n) is 11.3. The Balaban J connectivity index is 1.03. The van der Waals surface area contributed by atoms with E-state index in [1.807, 2.05) is 60.7 Å². The Morgan fingerprint density at radius 3 is 1.14 bits per heavy atom. The van der Waals surface area contributed by atoms with Gasteiger partial charge in [-0.15, -0.1) is 0 Å². The van der Waals surface area contributed by atoms with Gasteiger partial charge in [0, 0.05) is 66.8 Å². The largest absolute Gasteiger partial charge is 0.310 e. The van der Waals surface area contributed by atoms with Gasteiger partial charge in [-0.05, 0) is 119 Å². The number of hydrogen-bond donors (Lipinski definition) is 0. The topological polar surface area (TPSA) is 75.9 Å². The van der Waals surface area contributed by atoms with Crippen molar-refractivity contribution in [3.63, 3.8) is 0 Å². The summed E-state index contributed by atoms with van der Waals surface area (Å²) in [6, 6.07) is 97.5. The second-order valence-corrected chi connectivity index (χ2v) is 19.7. The fraction of sp³-hybridized carbons (Fsp3) is 0. The van der Waals surface area contributed by atoms with Crippen molar-refractivity contribution in [2.24, 2.45) is 0 Å². The highest BCUT2D eigenvalue weighted by Gasteiger charge is 2.24. The molecule has 0 amide bonds. The van der Waals surface area contributed by atoms with Crippen LogP contribution in [0, 0.1) is 0 Å². The van der Waals surface area contributed by atoms with Crippen molar-refractivity contribution in [2.75, 3.05) is 9.80 Å². The molecular formula is C71H46N8. The van der Waals surface area contributed by atoms with Crippen LogP contribution in [-0.4, -0.2) is 29.5 Å². The lowest BCUT2D eigenvalue weighted by Crippen LogP contribution is -2.10. The summed E-state index contributed by atoms with van der Waals surface area (Å²) in [5.41, 5.74) is 15.4. The fourth-order valence-corrected chi connectivity index (χ4v) is 11.3. The zero-order valence-electron chi connectivity index (χ0n) is 42.6. The molecule has 8 heteroatoms. The van der Waals surface area contributed by atoms with Crippen molar-refractivity contribution in [2.45, 2.75) is 0 Å². The molecule has 15 aromatic rings. The van der Waals surface area contributed by atoms with Crippen molar-refractivity contribution in [1.29, 1.82) is 0 Å². The maximum absolute atomic E-state index is 5.86. The predicted molar refractivity (Wildman–Crippen MR) is 325 cm³/mol. The summed E-state index contributed by atoms with van der Waals surface area (Å²) in [7, 11) is 0.